The van der Waals surface area contributed by atoms with Gasteiger partial charge in [0.15, 0.2) is 0 Å². The minimum absolute atomic E-state index is 0.408. The lowest BCUT2D eigenvalue weighted by atomic mass is 10.1. The van der Waals surface area contributed by atoms with Crippen molar-refractivity contribution in [2.24, 2.45) is 0 Å². The van der Waals surface area contributed by atoms with E-state index in [2.05, 4.69) is 4.90 Å². The van der Waals surface area contributed by atoms with E-state index in [4.69, 9.17) is 0 Å². The van der Waals surface area contributed by atoms with E-state index in [-0.39, 0.29) is 0 Å². The van der Waals surface area contributed by atoms with Crippen molar-refractivity contribution >= 4 is 15.7 Å². The molecule has 4 nitrogen and oxygen atoms in total. The van der Waals surface area contributed by atoms with Crippen molar-refractivity contribution in [1.29, 1.82) is 0 Å². The number of hydrogen-bond acceptors (Lipinski definition) is 3. The van der Waals surface area contributed by atoms with Crippen molar-refractivity contribution in [3.63, 3.8) is 0 Å². The molecule has 0 aromatic heterocycles. The average molecular weight is 330 g/mol. The normalized spacial score (nSPS) is 16.0. The van der Waals surface area contributed by atoms with Gasteiger partial charge in [0, 0.05) is 32.4 Å². The van der Waals surface area contributed by atoms with Gasteiger partial charge in [-0.2, -0.15) is 4.31 Å². The summed E-state index contributed by atoms with van der Waals surface area (Å²) in [6.07, 6.45) is 0. The predicted octanol–water partition coefficient (Wildman–Crippen LogP) is 2.94. The van der Waals surface area contributed by atoms with Crippen LogP contribution in [0.4, 0.5) is 5.69 Å². The SMILES string of the molecule is Cc1ccc(S(=O)(=O)N2CCN(C)c3ccccc3C2)c(C)c1. The smallest absolute Gasteiger partial charge is 0.243 e. The van der Waals surface area contributed by atoms with Crippen LogP contribution in [0.3, 0.4) is 0 Å². The Morgan fingerprint density at radius 2 is 1.74 bits per heavy atom. The molecule has 0 saturated carbocycles. The number of aryl methyl sites for hydroxylation is 2. The second-order valence-electron chi connectivity index (χ2n) is 6.16. The van der Waals surface area contributed by atoms with Crippen LogP contribution in [0.25, 0.3) is 0 Å². The minimum atomic E-state index is -3.49. The standard InChI is InChI=1S/C18H22N2O2S/c1-14-8-9-18(15(2)12-14)23(21,22)20-11-10-19(3)17-7-5-4-6-16(17)13-20/h4-9,12H,10-11,13H2,1-3H3. The summed E-state index contributed by atoms with van der Waals surface area (Å²) >= 11 is 0. The van der Waals surface area contributed by atoms with Gasteiger partial charge in [0.1, 0.15) is 0 Å². The molecule has 0 saturated heterocycles. The van der Waals surface area contributed by atoms with Crippen molar-refractivity contribution in [3.8, 4) is 0 Å². The van der Waals surface area contributed by atoms with Crippen LogP contribution in [-0.4, -0.2) is 32.9 Å². The molecule has 0 aliphatic carbocycles. The Hall–Kier alpha value is -1.85. The van der Waals surface area contributed by atoms with Crippen molar-refractivity contribution in [2.45, 2.75) is 25.3 Å². The number of benzene rings is 2. The van der Waals surface area contributed by atoms with Crippen molar-refractivity contribution in [1.82, 2.24) is 4.31 Å². The maximum absolute atomic E-state index is 13.1. The number of rotatable bonds is 2. The van der Waals surface area contributed by atoms with E-state index in [1.807, 2.05) is 57.3 Å². The van der Waals surface area contributed by atoms with E-state index in [1.165, 1.54) is 0 Å². The number of fused-ring (bicyclic) bond motifs is 1. The summed E-state index contributed by atoms with van der Waals surface area (Å²) in [5.74, 6) is 0. The molecular weight excluding hydrogens is 308 g/mol. The van der Waals surface area contributed by atoms with E-state index in [1.54, 1.807) is 10.4 Å². The van der Waals surface area contributed by atoms with Crippen molar-refractivity contribution in [2.75, 3.05) is 25.0 Å². The summed E-state index contributed by atoms with van der Waals surface area (Å²) in [4.78, 5) is 2.53. The average Bonchev–Trinajstić information content (AvgIpc) is 2.67. The number of hydrogen-bond donors (Lipinski definition) is 0. The molecule has 0 unspecified atom stereocenters. The molecule has 2 aromatic rings. The first-order chi connectivity index (χ1) is 10.9. The third-order valence-electron chi connectivity index (χ3n) is 4.38. The summed E-state index contributed by atoms with van der Waals surface area (Å²) in [5.41, 5.74) is 4.02. The fourth-order valence-corrected chi connectivity index (χ4v) is 4.72. The van der Waals surface area contributed by atoms with Gasteiger partial charge in [-0.15, -0.1) is 0 Å². The second-order valence-corrected chi connectivity index (χ2v) is 8.06. The molecule has 5 heteroatoms. The zero-order valence-electron chi connectivity index (χ0n) is 13.8. The number of likely N-dealkylation sites (N-methyl/N-ethyl adjacent to an activating group) is 1. The zero-order chi connectivity index (χ0) is 16.6. The highest BCUT2D eigenvalue weighted by Crippen LogP contribution is 2.28. The van der Waals surface area contributed by atoms with E-state index in [9.17, 15) is 8.42 Å². The number of anilines is 1. The Bertz CT molecular complexity index is 831. The third-order valence-corrected chi connectivity index (χ3v) is 6.39. The maximum atomic E-state index is 13.1. The van der Waals surface area contributed by atoms with Gasteiger partial charge in [-0.25, -0.2) is 8.42 Å². The molecule has 1 aliphatic rings. The van der Waals surface area contributed by atoms with Gasteiger partial charge in [-0.1, -0.05) is 35.9 Å². The Labute approximate surface area is 138 Å². The second kappa shape index (κ2) is 5.98. The lowest BCUT2D eigenvalue weighted by Gasteiger charge is -2.22. The molecule has 23 heavy (non-hydrogen) atoms. The number of sulfonamides is 1. The predicted molar refractivity (Wildman–Crippen MR) is 93.2 cm³/mol. The largest absolute Gasteiger partial charge is 0.373 e. The first-order valence-electron chi connectivity index (χ1n) is 7.76. The molecule has 0 amide bonds. The highest BCUT2D eigenvalue weighted by Gasteiger charge is 2.29. The molecule has 0 spiro atoms. The lowest BCUT2D eigenvalue weighted by molar-refractivity contribution is 0.419. The molecular formula is C18H22N2O2S. The molecule has 0 atom stereocenters. The Balaban J connectivity index is 2.01. The van der Waals surface area contributed by atoms with Crippen molar-refractivity contribution < 1.29 is 8.42 Å². The Morgan fingerprint density at radius 1 is 1.00 bits per heavy atom. The molecule has 3 rings (SSSR count). The van der Waals surface area contributed by atoms with E-state index < -0.39 is 10.0 Å². The van der Waals surface area contributed by atoms with Crippen molar-refractivity contribution in [3.05, 3.63) is 59.2 Å². The van der Waals surface area contributed by atoms with Crippen LogP contribution in [0.5, 0.6) is 0 Å². The van der Waals surface area contributed by atoms with Gasteiger partial charge in [0.2, 0.25) is 10.0 Å². The topological polar surface area (TPSA) is 40.6 Å². The van der Waals surface area contributed by atoms with E-state index in [0.29, 0.717) is 24.5 Å². The van der Waals surface area contributed by atoms with Crippen LogP contribution in [0.1, 0.15) is 16.7 Å². The minimum Gasteiger partial charge on any atom is -0.373 e. The molecule has 1 aliphatic heterocycles. The Morgan fingerprint density at radius 3 is 2.48 bits per heavy atom. The molecule has 1 heterocycles. The van der Waals surface area contributed by atoms with Crippen LogP contribution in [0.15, 0.2) is 47.4 Å². The summed E-state index contributed by atoms with van der Waals surface area (Å²) in [6.45, 7) is 5.41. The highest BCUT2D eigenvalue weighted by molar-refractivity contribution is 7.89. The van der Waals surface area contributed by atoms with Crippen LogP contribution < -0.4 is 4.90 Å². The fraction of sp³-hybridized carbons (Fsp3) is 0.333. The third kappa shape index (κ3) is 2.99. The van der Waals surface area contributed by atoms with Gasteiger partial charge < -0.3 is 4.90 Å². The van der Waals surface area contributed by atoms with Crippen LogP contribution in [0.2, 0.25) is 0 Å². The van der Waals surface area contributed by atoms with Crippen LogP contribution >= 0.6 is 0 Å². The molecule has 2 aromatic carbocycles. The van der Waals surface area contributed by atoms with Crippen LogP contribution in [-0.2, 0) is 16.6 Å². The molecule has 0 N–H and O–H groups in total. The van der Waals surface area contributed by atoms with Gasteiger partial charge in [0.05, 0.1) is 4.90 Å². The number of para-hydroxylation sites is 1. The van der Waals surface area contributed by atoms with E-state index >= 15 is 0 Å². The molecule has 122 valence electrons. The summed E-state index contributed by atoms with van der Waals surface area (Å²) in [5, 5.41) is 0. The lowest BCUT2D eigenvalue weighted by Crippen LogP contribution is -2.34. The first-order valence-corrected chi connectivity index (χ1v) is 9.20. The molecule has 0 bridgehead atoms. The number of nitrogens with zero attached hydrogens (tertiary/aromatic N) is 2. The fourth-order valence-electron chi connectivity index (χ4n) is 3.10. The van der Waals surface area contributed by atoms with Gasteiger partial charge in [0.25, 0.3) is 0 Å². The maximum Gasteiger partial charge on any atom is 0.243 e. The van der Waals surface area contributed by atoms with Crippen LogP contribution in [0, 0.1) is 13.8 Å². The van der Waals surface area contributed by atoms with Gasteiger partial charge >= 0.3 is 0 Å². The summed E-state index contributed by atoms with van der Waals surface area (Å²) < 4.78 is 27.8. The quantitative estimate of drug-likeness (QED) is 0.850. The molecule has 0 radical (unpaired) electrons. The highest BCUT2D eigenvalue weighted by atomic mass is 32.2. The molecule has 0 fully saturated rings. The zero-order valence-corrected chi connectivity index (χ0v) is 14.6. The summed E-state index contributed by atoms with van der Waals surface area (Å²) in [7, 11) is -1.49. The van der Waals surface area contributed by atoms with Gasteiger partial charge in [-0.3, -0.25) is 0 Å². The Kier molecular flexibility index (Phi) is 4.17. The first kappa shape index (κ1) is 16.0. The monoisotopic (exact) mass is 330 g/mol. The van der Waals surface area contributed by atoms with E-state index in [0.717, 1.165) is 22.4 Å². The summed E-state index contributed by atoms with van der Waals surface area (Å²) in [6, 6.07) is 13.5. The van der Waals surface area contributed by atoms with Gasteiger partial charge in [-0.05, 0) is 37.1 Å².